The van der Waals surface area contributed by atoms with E-state index in [1.807, 2.05) is 69.8 Å². The van der Waals surface area contributed by atoms with Gasteiger partial charge in [0.05, 0.1) is 36.8 Å². The normalized spacial score (nSPS) is 15.8. The Morgan fingerprint density at radius 1 is 0.844 bits per heavy atom. The van der Waals surface area contributed by atoms with Gasteiger partial charge in [0, 0.05) is 104 Å². The molecule has 96 heavy (non-hydrogen) atoms. The maximum atomic E-state index is 14.6. The van der Waals surface area contributed by atoms with E-state index in [-0.39, 0.29) is 60.7 Å². The first-order valence-electron chi connectivity index (χ1n) is 31.1. The molecule has 1 amide bonds. The Morgan fingerprint density at radius 3 is 2.21 bits per heavy atom. The molecule has 0 saturated heterocycles. The minimum absolute atomic E-state index is 0.0606. The van der Waals surface area contributed by atoms with E-state index in [2.05, 4.69) is 33.6 Å². The summed E-state index contributed by atoms with van der Waals surface area (Å²) in [7, 11) is -19.3. The van der Waals surface area contributed by atoms with Crippen molar-refractivity contribution >= 4 is 107 Å². The monoisotopic (exact) mass is 1420 g/mol. The van der Waals surface area contributed by atoms with Crippen LogP contribution in [-0.2, 0) is 95.6 Å². The van der Waals surface area contributed by atoms with E-state index in [1.54, 1.807) is 65.6 Å². The number of hydrogen-bond donors (Lipinski definition) is 4. The van der Waals surface area contributed by atoms with Crippen molar-refractivity contribution in [3.63, 3.8) is 0 Å². The summed E-state index contributed by atoms with van der Waals surface area (Å²) in [6.45, 7) is 13.1. The number of rotatable bonds is 27. The van der Waals surface area contributed by atoms with Crippen molar-refractivity contribution in [2.45, 2.75) is 145 Å². The number of amides is 1. The van der Waals surface area contributed by atoms with Crippen molar-refractivity contribution in [1.29, 1.82) is 0 Å². The summed E-state index contributed by atoms with van der Waals surface area (Å²) in [6, 6.07) is 18.6. The maximum Gasteiger partial charge on any atom is 0.425 e. The van der Waals surface area contributed by atoms with E-state index in [9.17, 15) is 52.1 Å². The summed E-state index contributed by atoms with van der Waals surface area (Å²) in [5.74, 6) is 0.670. The molecular weight excluding hydrogens is 1340 g/mol. The number of pyridine rings is 1. The Bertz CT molecular complexity index is 4660. The van der Waals surface area contributed by atoms with Crippen molar-refractivity contribution in [3.8, 4) is 0 Å². The highest BCUT2D eigenvalue weighted by molar-refractivity contribution is 7.89. The molecule has 0 fully saturated rings. The number of aromatic nitrogens is 3. The lowest BCUT2D eigenvalue weighted by atomic mass is 9.79. The standard InChI is InChI=1S/C65H80N8O12S4.CO2.O3S/c1-44(49-42-67-45(2)68-43-49)19-11-8-9-12-22-54-48(39-47-20-16-33-66-63(47)70-54)41-69-60(74)26-17-34-71(7)88(81,82)57-23-15-21-52-51(57)30-32-56-61(52)64(3,4)58(72(56)35-18-37-86(75,76)77)24-13-10-14-25-59-65(5,6)62-53-40-50(89(83,84)85)29-27-46(53)28-31-55(62)73(59)36-38-87(78,79)80;2-1-3;1-4(2)3/h10,13-15,21,23-25,27-32,39-40,42-44H,8-9,11-12,16-20,22,26,33-38,41H2,1-7H3,(H4-,66,69,70,74,75,76,77,78,79,80,83,84,85);;/t44-;;/m1../s1. The Morgan fingerprint density at radius 2 is 1.53 bits per heavy atom. The van der Waals surface area contributed by atoms with Gasteiger partial charge >= 0.3 is 16.8 Å². The first kappa shape index (κ1) is 75.6. The second kappa shape index (κ2) is 32.1. The molecule has 3 aliphatic heterocycles. The van der Waals surface area contributed by atoms with Crippen LogP contribution < -0.4 is 15.5 Å². The number of anilines is 2. The summed E-state index contributed by atoms with van der Waals surface area (Å²) in [6.07, 6.45) is 21.4. The number of allylic oxidation sites excluding steroid dienone is 6. The number of aryl methyl sites for hydroxylation is 3. The zero-order chi connectivity index (χ0) is 70.6. The maximum absolute atomic E-state index is 14.6. The number of hydrogen-bond acceptors (Lipinski definition) is 20. The van der Waals surface area contributed by atoms with E-state index < -0.39 is 73.3 Å². The second-order valence-electron chi connectivity index (χ2n) is 24.8. The van der Waals surface area contributed by atoms with Crippen LogP contribution in [0, 0.1) is 6.92 Å². The van der Waals surface area contributed by atoms with Crippen molar-refractivity contribution in [2.24, 2.45) is 0 Å². The van der Waals surface area contributed by atoms with Gasteiger partial charge in [-0.2, -0.15) is 31.0 Å². The van der Waals surface area contributed by atoms with Crippen LogP contribution >= 0.6 is 0 Å². The van der Waals surface area contributed by atoms with Crippen LogP contribution in [-0.4, -0.2) is 146 Å². The SMILES string of the molecule is Cc1ncc([C@H](C)CCCCCCc2nc3c(cc2CNC(=O)CCCN(C)S(=O)(=O)c2cccc4c5c(ccc24)[N+](CCCS(=O)(=O)O)=C(C=CC=CC=C2N(CCS(=O)(=O)[O-])c4ccc6ccc(S(=O)(=O)O)cc6c4C2(C)C)C5(C)C)CCCN3)cn1.O=C=O.O=S(=O)=O. The molecule has 0 aliphatic carbocycles. The Kier molecular flexibility index (Phi) is 25.3. The first-order valence-corrected chi connectivity index (χ1v) is 38.2. The third-order valence-electron chi connectivity index (χ3n) is 17.4. The molecule has 2 aromatic heterocycles. The fourth-order valence-corrected chi connectivity index (χ4v) is 15.6. The second-order valence-corrected chi connectivity index (χ2v) is 31.7. The van der Waals surface area contributed by atoms with Gasteiger partial charge in [-0.05, 0) is 146 Å². The number of nitrogens with zero attached hydrogens (tertiary/aromatic N) is 6. The van der Waals surface area contributed by atoms with Gasteiger partial charge in [-0.25, -0.2) is 36.1 Å². The van der Waals surface area contributed by atoms with Gasteiger partial charge in [-0.15, -0.1) is 12.6 Å². The minimum atomic E-state index is -4.65. The van der Waals surface area contributed by atoms with E-state index in [0.717, 1.165) is 109 Å². The van der Waals surface area contributed by atoms with Crippen LogP contribution in [0.5, 0.6) is 0 Å². The smallest absolute Gasteiger partial charge is 0.425 e. The third kappa shape index (κ3) is 19.1. The van der Waals surface area contributed by atoms with Gasteiger partial charge < -0.3 is 20.1 Å². The van der Waals surface area contributed by atoms with Crippen LogP contribution in [0.4, 0.5) is 17.2 Å². The molecule has 30 heteroatoms. The summed E-state index contributed by atoms with van der Waals surface area (Å²) in [5.41, 5.74) is 6.69. The largest absolute Gasteiger partial charge is 0.748 e. The summed E-state index contributed by atoms with van der Waals surface area (Å²) < 4.78 is 162. The number of benzene rings is 4. The number of unbranched alkanes of at least 4 members (excludes halogenated alkanes) is 3. The lowest BCUT2D eigenvalue weighted by molar-refractivity contribution is -0.437. The van der Waals surface area contributed by atoms with Gasteiger partial charge in [0.1, 0.15) is 18.2 Å². The van der Waals surface area contributed by atoms with Gasteiger partial charge in [-0.3, -0.25) is 13.9 Å². The molecule has 25 nitrogen and oxygen atoms in total. The Balaban J connectivity index is 0.00000177. The molecule has 6 aromatic rings. The molecule has 4 aromatic carbocycles. The lowest BCUT2D eigenvalue weighted by Gasteiger charge is -2.27. The third-order valence-corrected chi connectivity index (χ3v) is 21.7. The van der Waals surface area contributed by atoms with Crippen LogP contribution in [0.1, 0.15) is 138 Å². The van der Waals surface area contributed by atoms with Crippen molar-refractivity contribution < 1.29 is 78.9 Å². The van der Waals surface area contributed by atoms with E-state index in [0.29, 0.717) is 51.0 Å². The molecule has 3 aliphatic rings. The molecule has 0 unspecified atom stereocenters. The topological polar surface area (TPSA) is 375 Å². The molecule has 5 heterocycles. The molecule has 0 radical (unpaired) electrons. The van der Waals surface area contributed by atoms with Gasteiger partial charge in [-0.1, -0.05) is 82.5 Å². The van der Waals surface area contributed by atoms with Crippen LogP contribution in [0.2, 0.25) is 0 Å². The van der Waals surface area contributed by atoms with E-state index in [1.165, 1.54) is 23.5 Å². The van der Waals surface area contributed by atoms with E-state index >= 15 is 0 Å². The fourth-order valence-electron chi connectivity index (χ4n) is 12.8. The zero-order valence-electron chi connectivity index (χ0n) is 54.4. The van der Waals surface area contributed by atoms with E-state index in [4.69, 9.17) is 27.2 Å². The molecule has 4 N–H and O–H groups in total. The van der Waals surface area contributed by atoms with Crippen LogP contribution in [0.15, 0.2) is 125 Å². The van der Waals surface area contributed by atoms with Gasteiger partial charge in [0.2, 0.25) is 21.6 Å². The fraction of sp³-hybridized carbons (Fsp3) is 0.424. The molecule has 0 saturated carbocycles. The first-order chi connectivity index (χ1) is 45.1. The van der Waals surface area contributed by atoms with Crippen molar-refractivity contribution in [2.75, 3.05) is 54.9 Å². The predicted molar refractivity (Wildman–Crippen MR) is 361 cm³/mol. The molecular formula is C66H80N8O17S5. The number of nitrogens with one attached hydrogen (secondary N) is 2. The predicted octanol–water partition coefficient (Wildman–Crippen LogP) is 8.51. The lowest BCUT2D eigenvalue weighted by Crippen LogP contribution is -2.30. The van der Waals surface area contributed by atoms with Crippen LogP contribution in [0.3, 0.4) is 0 Å². The molecule has 1 atom stereocenters. The minimum Gasteiger partial charge on any atom is -0.748 e. The van der Waals surface area contributed by atoms with Crippen LogP contribution in [0.25, 0.3) is 21.5 Å². The summed E-state index contributed by atoms with van der Waals surface area (Å²) in [4.78, 5) is 44.9. The number of fused-ring (bicyclic) bond motifs is 7. The molecule has 0 bridgehead atoms. The molecule has 516 valence electrons. The highest BCUT2D eigenvalue weighted by Crippen LogP contribution is 2.51. The summed E-state index contributed by atoms with van der Waals surface area (Å²) >= 11 is 0. The highest BCUT2D eigenvalue weighted by atomic mass is 32.2. The number of carbonyl (C=O) groups excluding carboxylic acids is 3. The van der Waals surface area contributed by atoms with Crippen molar-refractivity contribution in [1.82, 2.24) is 24.6 Å². The highest BCUT2D eigenvalue weighted by Gasteiger charge is 2.46. The van der Waals surface area contributed by atoms with Crippen molar-refractivity contribution in [3.05, 3.63) is 155 Å². The quantitative estimate of drug-likeness (QED) is 0.0162. The number of carbonyl (C=O) groups is 1. The summed E-state index contributed by atoms with van der Waals surface area (Å²) in [5, 5.41) is 8.87. The molecule has 9 rings (SSSR count). The number of sulfonamides is 1. The van der Waals surface area contributed by atoms with Gasteiger partial charge in [0.15, 0.2) is 5.71 Å². The Hall–Kier alpha value is -7.77. The Labute approximate surface area is 562 Å². The zero-order valence-corrected chi connectivity index (χ0v) is 58.5. The average molecular weight is 1420 g/mol. The molecule has 0 spiro atoms. The van der Waals surface area contributed by atoms with Gasteiger partial charge in [0.25, 0.3) is 20.2 Å². The average Bonchev–Trinajstić information content (AvgIpc) is 1.55.